The Balaban J connectivity index is 1.72. The third-order valence-corrected chi connectivity index (χ3v) is 5.07. The topological polar surface area (TPSA) is 65.4 Å². The van der Waals surface area contributed by atoms with Crippen molar-refractivity contribution in [2.75, 3.05) is 18.5 Å². The van der Waals surface area contributed by atoms with Crippen molar-refractivity contribution in [2.24, 2.45) is 0 Å². The maximum absolute atomic E-state index is 12.7. The van der Waals surface area contributed by atoms with Gasteiger partial charge in [0, 0.05) is 5.02 Å². The lowest BCUT2D eigenvalue weighted by Crippen LogP contribution is -2.16. The van der Waals surface area contributed by atoms with Crippen molar-refractivity contribution in [1.82, 2.24) is 9.78 Å². The molecule has 0 saturated heterocycles. The molecule has 3 rings (SSSR count). The number of carbonyl (C=O) groups excluding carboxylic acids is 1. The zero-order valence-corrected chi connectivity index (χ0v) is 19.1. The van der Waals surface area contributed by atoms with Crippen LogP contribution in [0.25, 0.3) is 0 Å². The number of carbonyl (C=O) groups is 1. The normalized spacial score (nSPS) is 10.7. The number of rotatable bonds is 9. The van der Waals surface area contributed by atoms with Gasteiger partial charge in [0.25, 0.3) is 0 Å². The van der Waals surface area contributed by atoms with Crippen molar-refractivity contribution >= 4 is 23.2 Å². The van der Waals surface area contributed by atoms with Gasteiger partial charge in [-0.15, -0.1) is 0 Å². The second kappa shape index (κ2) is 10.4. The monoisotopic (exact) mass is 441 g/mol. The van der Waals surface area contributed by atoms with Gasteiger partial charge in [0.2, 0.25) is 5.91 Å². The van der Waals surface area contributed by atoms with Crippen LogP contribution in [0, 0.1) is 13.8 Å². The van der Waals surface area contributed by atoms with Gasteiger partial charge < -0.3 is 14.8 Å². The number of aryl methyl sites for hydroxylation is 1. The molecule has 0 unspecified atom stereocenters. The second-order valence-corrected chi connectivity index (χ2v) is 7.64. The highest BCUT2D eigenvalue weighted by atomic mass is 35.5. The standard InChI is InChI=1S/C24H28ClN3O3/c1-5-30-21-11-10-18(13-22(21)31-6-2)14-23(29)26-24-16(3)27-28(17(24)4)15-19-8-7-9-20(25)12-19/h7-13H,5-6,14-15H2,1-4H3,(H,26,29). The van der Waals surface area contributed by atoms with Gasteiger partial charge in [-0.1, -0.05) is 29.8 Å². The van der Waals surface area contributed by atoms with Crippen LogP contribution in [0.3, 0.4) is 0 Å². The van der Waals surface area contributed by atoms with Crippen molar-refractivity contribution in [3.63, 3.8) is 0 Å². The molecule has 6 nitrogen and oxygen atoms in total. The summed E-state index contributed by atoms with van der Waals surface area (Å²) in [5.41, 5.74) is 4.31. The van der Waals surface area contributed by atoms with Gasteiger partial charge in [-0.3, -0.25) is 9.48 Å². The predicted octanol–water partition coefficient (Wildman–Crippen LogP) is 5.18. The second-order valence-electron chi connectivity index (χ2n) is 7.21. The van der Waals surface area contributed by atoms with Crippen LogP contribution in [-0.2, 0) is 17.8 Å². The van der Waals surface area contributed by atoms with E-state index in [1.165, 1.54) is 0 Å². The highest BCUT2D eigenvalue weighted by Gasteiger charge is 2.16. The quantitative estimate of drug-likeness (QED) is 0.496. The number of benzene rings is 2. The first-order valence-electron chi connectivity index (χ1n) is 10.4. The lowest BCUT2D eigenvalue weighted by Gasteiger charge is -2.12. The number of hydrogen-bond donors (Lipinski definition) is 1. The van der Waals surface area contributed by atoms with E-state index in [0.29, 0.717) is 36.3 Å². The Labute approximate surface area is 188 Å². The average molecular weight is 442 g/mol. The number of aromatic nitrogens is 2. The van der Waals surface area contributed by atoms with E-state index >= 15 is 0 Å². The van der Waals surface area contributed by atoms with E-state index in [2.05, 4.69) is 10.4 Å². The first-order valence-corrected chi connectivity index (χ1v) is 10.8. The van der Waals surface area contributed by atoms with E-state index in [0.717, 1.165) is 28.2 Å². The number of nitrogens with one attached hydrogen (secondary N) is 1. The smallest absolute Gasteiger partial charge is 0.228 e. The minimum absolute atomic E-state index is 0.111. The molecule has 0 fully saturated rings. The molecule has 1 amide bonds. The van der Waals surface area contributed by atoms with Gasteiger partial charge in [0.05, 0.1) is 43.3 Å². The highest BCUT2D eigenvalue weighted by molar-refractivity contribution is 6.30. The van der Waals surface area contributed by atoms with Gasteiger partial charge in [-0.05, 0) is 63.1 Å². The minimum Gasteiger partial charge on any atom is -0.490 e. The Morgan fingerprint density at radius 3 is 2.48 bits per heavy atom. The summed E-state index contributed by atoms with van der Waals surface area (Å²) in [6.45, 7) is 9.35. The van der Waals surface area contributed by atoms with E-state index < -0.39 is 0 Å². The van der Waals surface area contributed by atoms with Gasteiger partial charge in [0.1, 0.15) is 0 Å². The number of hydrogen-bond acceptors (Lipinski definition) is 4. The minimum atomic E-state index is -0.111. The maximum Gasteiger partial charge on any atom is 0.228 e. The molecule has 0 aliphatic heterocycles. The van der Waals surface area contributed by atoms with Crippen molar-refractivity contribution < 1.29 is 14.3 Å². The molecule has 0 bridgehead atoms. The number of anilines is 1. The number of halogens is 1. The Bertz CT molecular complexity index is 1060. The molecule has 164 valence electrons. The molecule has 0 saturated carbocycles. The molecule has 0 spiro atoms. The van der Waals surface area contributed by atoms with Gasteiger partial charge >= 0.3 is 0 Å². The lowest BCUT2D eigenvalue weighted by atomic mass is 10.1. The number of ether oxygens (including phenoxy) is 2. The summed E-state index contributed by atoms with van der Waals surface area (Å²) >= 11 is 6.09. The van der Waals surface area contributed by atoms with Gasteiger partial charge in [-0.2, -0.15) is 5.10 Å². The van der Waals surface area contributed by atoms with E-state index in [-0.39, 0.29) is 12.3 Å². The van der Waals surface area contributed by atoms with Gasteiger partial charge in [-0.25, -0.2) is 0 Å². The Hall–Kier alpha value is -2.99. The maximum atomic E-state index is 12.7. The number of nitrogens with zero attached hydrogens (tertiary/aromatic N) is 2. The van der Waals surface area contributed by atoms with Crippen molar-refractivity contribution in [3.05, 3.63) is 70.0 Å². The van der Waals surface area contributed by atoms with E-state index in [1.54, 1.807) is 0 Å². The van der Waals surface area contributed by atoms with Crippen molar-refractivity contribution in [2.45, 2.75) is 40.7 Å². The molecule has 0 aliphatic rings. The van der Waals surface area contributed by atoms with Crippen LogP contribution in [0.1, 0.15) is 36.4 Å². The SMILES string of the molecule is CCOc1ccc(CC(=O)Nc2c(C)nn(Cc3cccc(Cl)c3)c2C)cc1OCC. The summed E-state index contributed by atoms with van der Waals surface area (Å²) in [6.07, 6.45) is 0.227. The van der Waals surface area contributed by atoms with E-state index in [1.807, 2.05) is 74.8 Å². The van der Waals surface area contributed by atoms with Crippen molar-refractivity contribution in [1.29, 1.82) is 0 Å². The van der Waals surface area contributed by atoms with Crippen LogP contribution in [0.2, 0.25) is 5.02 Å². The summed E-state index contributed by atoms with van der Waals surface area (Å²) in [4.78, 5) is 12.7. The summed E-state index contributed by atoms with van der Waals surface area (Å²) in [6, 6.07) is 13.3. The van der Waals surface area contributed by atoms with Crippen LogP contribution < -0.4 is 14.8 Å². The fraction of sp³-hybridized carbons (Fsp3) is 0.333. The van der Waals surface area contributed by atoms with Crippen molar-refractivity contribution in [3.8, 4) is 11.5 Å². The third kappa shape index (κ3) is 5.79. The van der Waals surface area contributed by atoms with Crippen LogP contribution in [0.4, 0.5) is 5.69 Å². The molecule has 0 radical (unpaired) electrons. The molecule has 0 aliphatic carbocycles. The molecule has 2 aromatic carbocycles. The molecular formula is C24H28ClN3O3. The number of amides is 1. The van der Waals surface area contributed by atoms with Crippen LogP contribution in [0.15, 0.2) is 42.5 Å². The summed E-state index contributed by atoms with van der Waals surface area (Å²) < 4.78 is 13.1. The zero-order valence-electron chi connectivity index (χ0n) is 18.4. The Morgan fingerprint density at radius 1 is 1.03 bits per heavy atom. The molecule has 1 aromatic heterocycles. The molecule has 1 heterocycles. The Kier molecular flexibility index (Phi) is 7.58. The first-order chi connectivity index (χ1) is 14.9. The zero-order chi connectivity index (χ0) is 22.4. The summed E-state index contributed by atoms with van der Waals surface area (Å²) in [7, 11) is 0. The average Bonchev–Trinajstić information content (AvgIpc) is 2.97. The molecular weight excluding hydrogens is 414 g/mol. The molecule has 0 atom stereocenters. The molecule has 3 aromatic rings. The van der Waals surface area contributed by atoms with Crippen LogP contribution >= 0.6 is 11.6 Å². The fourth-order valence-corrected chi connectivity index (χ4v) is 3.63. The summed E-state index contributed by atoms with van der Waals surface area (Å²) in [5.74, 6) is 1.22. The van der Waals surface area contributed by atoms with Crippen LogP contribution in [-0.4, -0.2) is 28.9 Å². The van der Waals surface area contributed by atoms with E-state index in [4.69, 9.17) is 21.1 Å². The molecule has 7 heteroatoms. The van der Waals surface area contributed by atoms with E-state index in [9.17, 15) is 4.79 Å². The van der Waals surface area contributed by atoms with Gasteiger partial charge in [0.15, 0.2) is 11.5 Å². The first kappa shape index (κ1) is 22.7. The highest BCUT2D eigenvalue weighted by Crippen LogP contribution is 2.29. The largest absolute Gasteiger partial charge is 0.490 e. The molecule has 1 N–H and O–H groups in total. The Morgan fingerprint density at radius 2 is 1.77 bits per heavy atom. The van der Waals surface area contributed by atoms with Crippen LogP contribution in [0.5, 0.6) is 11.5 Å². The fourth-order valence-electron chi connectivity index (χ4n) is 3.41. The summed E-state index contributed by atoms with van der Waals surface area (Å²) in [5, 5.41) is 8.29. The lowest BCUT2D eigenvalue weighted by molar-refractivity contribution is -0.115. The molecule has 31 heavy (non-hydrogen) atoms. The third-order valence-electron chi connectivity index (χ3n) is 4.84. The predicted molar refractivity (Wildman–Crippen MR) is 123 cm³/mol.